The minimum atomic E-state index is -3.90. The SMILES string of the molecule is CCOc1ccc(NS(=O)(=O)c2ccc(OCC(=O)NC(C)c3ccc(F)cc3)c(Cl)c2)cc1. The van der Waals surface area contributed by atoms with E-state index in [1.54, 1.807) is 43.3 Å². The zero-order valence-electron chi connectivity index (χ0n) is 18.5. The number of ether oxygens (including phenoxy) is 2. The van der Waals surface area contributed by atoms with Gasteiger partial charge in [-0.25, -0.2) is 12.8 Å². The average Bonchev–Trinajstić information content (AvgIpc) is 2.80. The third-order valence-corrected chi connectivity index (χ3v) is 6.41. The molecule has 0 saturated heterocycles. The van der Waals surface area contributed by atoms with Crippen LogP contribution < -0.4 is 19.5 Å². The van der Waals surface area contributed by atoms with Crippen molar-refractivity contribution in [2.24, 2.45) is 0 Å². The molecule has 0 aliphatic heterocycles. The van der Waals surface area contributed by atoms with E-state index in [1.807, 2.05) is 6.92 Å². The number of hydrogen-bond donors (Lipinski definition) is 2. The Balaban J connectivity index is 1.59. The van der Waals surface area contributed by atoms with Crippen LogP contribution in [0.15, 0.2) is 71.6 Å². The number of carbonyl (C=O) groups is 1. The van der Waals surface area contributed by atoms with Gasteiger partial charge in [-0.15, -0.1) is 0 Å². The number of halogens is 2. The lowest BCUT2D eigenvalue weighted by Gasteiger charge is -2.15. The van der Waals surface area contributed by atoms with Crippen LogP contribution in [0.4, 0.5) is 10.1 Å². The van der Waals surface area contributed by atoms with E-state index in [4.69, 9.17) is 21.1 Å². The number of nitrogens with one attached hydrogen (secondary N) is 2. The number of sulfonamides is 1. The van der Waals surface area contributed by atoms with Crippen LogP contribution in [0, 0.1) is 5.82 Å². The molecule has 0 spiro atoms. The van der Waals surface area contributed by atoms with Gasteiger partial charge in [0.15, 0.2) is 6.61 Å². The molecule has 0 aliphatic rings. The van der Waals surface area contributed by atoms with E-state index >= 15 is 0 Å². The number of hydrogen-bond acceptors (Lipinski definition) is 5. The molecule has 0 aromatic heterocycles. The monoisotopic (exact) mass is 506 g/mol. The van der Waals surface area contributed by atoms with Gasteiger partial charge in [-0.05, 0) is 74.0 Å². The van der Waals surface area contributed by atoms with Crippen LogP contribution in [0.25, 0.3) is 0 Å². The Labute approximate surface area is 202 Å². The molecule has 0 heterocycles. The summed E-state index contributed by atoms with van der Waals surface area (Å²) < 4.78 is 51.7. The first-order valence-corrected chi connectivity index (χ1v) is 12.3. The van der Waals surface area contributed by atoms with Crippen molar-refractivity contribution in [1.29, 1.82) is 0 Å². The van der Waals surface area contributed by atoms with E-state index in [1.165, 1.54) is 30.3 Å². The highest BCUT2D eigenvalue weighted by Crippen LogP contribution is 2.28. The minimum Gasteiger partial charge on any atom is -0.494 e. The van der Waals surface area contributed by atoms with Gasteiger partial charge >= 0.3 is 0 Å². The smallest absolute Gasteiger partial charge is 0.261 e. The fraction of sp³-hybridized carbons (Fsp3) is 0.208. The summed E-state index contributed by atoms with van der Waals surface area (Å²) in [7, 11) is -3.90. The van der Waals surface area contributed by atoms with Crippen LogP contribution in [-0.2, 0) is 14.8 Å². The molecule has 7 nitrogen and oxygen atoms in total. The molecule has 2 N–H and O–H groups in total. The van der Waals surface area contributed by atoms with E-state index in [2.05, 4.69) is 10.0 Å². The van der Waals surface area contributed by atoms with Crippen LogP contribution in [0.5, 0.6) is 11.5 Å². The average molecular weight is 507 g/mol. The first-order chi connectivity index (χ1) is 16.2. The molecule has 3 aromatic rings. The Morgan fingerprint density at radius 3 is 2.32 bits per heavy atom. The van der Waals surface area contributed by atoms with Crippen molar-refractivity contribution >= 4 is 33.2 Å². The summed E-state index contributed by atoms with van der Waals surface area (Å²) in [6, 6.07) is 15.9. The van der Waals surface area contributed by atoms with Gasteiger partial charge < -0.3 is 14.8 Å². The lowest BCUT2D eigenvalue weighted by molar-refractivity contribution is -0.123. The maximum Gasteiger partial charge on any atom is 0.261 e. The zero-order chi connectivity index (χ0) is 24.7. The molecule has 0 aliphatic carbocycles. The van der Waals surface area contributed by atoms with Crippen molar-refractivity contribution in [3.8, 4) is 11.5 Å². The molecular weight excluding hydrogens is 483 g/mol. The summed E-state index contributed by atoms with van der Waals surface area (Å²) in [5.74, 6) is 0.0134. The molecule has 180 valence electrons. The molecule has 3 aromatic carbocycles. The van der Waals surface area contributed by atoms with Crippen molar-refractivity contribution in [1.82, 2.24) is 5.32 Å². The number of rotatable bonds is 10. The first-order valence-electron chi connectivity index (χ1n) is 10.4. The Hall–Kier alpha value is -3.30. The van der Waals surface area contributed by atoms with E-state index < -0.39 is 15.9 Å². The van der Waals surface area contributed by atoms with Gasteiger partial charge in [0.05, 0.1) is 22.6 Å². The molecule has 0 saturated carbocycles. The summed E-state index contributed by atoms with van der Waals surface area (Å²) in [5, 5.41) is 2.77. The molecule has 1 amide bonds. The number of amides is 1. The molecule has 1 atom stereocenters. The predicted octanol–water partition coefficient (Wildman–Crippen LogP) is 4.93. The molecule has 0 bridgehead atoms. The van der Waals surface area contributed by atoms with Gasteiger partial charge in [0.25, 0.3) is 15.9 Å². The van der Waals surface area contributed by atoms with Gasteiger partial charge in [-0.3, -0.25) is 9.52 Å². The zero-order valence-corrected chi connectivity index (χ0v) is 20.1. The Morgan fingerprint density at radius 2 is 1.71 bits per heavy atom. The highest BCUT2D eigenvalue weighted by atomic mass is 35.5. The second-order valence-electron chi connectivity index (χ2n) is 7.28. The maximum absolute atomic E-state index is 13.0. The van der Waals surface area contributed by atoms with E-state index in [0.29, 0.717) is 18.0 Å². The highest BCUT2D eigenvalue weighted by molar-refractivity contribution is 7.92. The van der Waals surface area contributed by atoms with E-state index in [-0.39, 0.29) is 34.1 Å². The normalized spacial score (nSPS) is 12.0. The topological polar surface area (TPSA) is 93.7 Å². The summed E-state index contributed by atoms with van der Waals surface area (Å²) >= 11 is 6.19. The second kappa shape index (κ2) is 11.2. The van der Waals surface area contributed by atoms with Crippen LogP contribution in [0.1, 0.15) is 25.5 Å². The molecule has 3 rings (SSSR count). The minimum absolute atomic E-state index is 0.0361. The molecular formula is C24H24ClFN2O5S. The largest absolute Gasteiger partial charge is 0.494 e. The molecule has 0 fully saturated rings. The van der Waals surface area contributed by atoms with Crippen LogP contribution in [0.3, 0.4) is 0 Å². The van der Waals surface area contributed by atoms with Gasteiger partial charge in [0.2, 0.25) is 0 Å². The number of anilines is 1. The Bertz CT molecular complexity index is 1240. The molecule has 0 radical (unpaired) electrons. The van der Waals surface area contributed by atoms with Crippen LogP contribution in [-0.4, -0.2) is 27.5 Å². The molecule has 34 heavy (non-hydrogen) atoms. The summed E-state index contributed by atoms with van der Waals surface area (Å²) in [5.41, 5.74) is 1.11. The summed E-state index contributed by atoms with van der Waals surface area (Å²) in [4.78, 5) is 12.1. The summed E-state index contributed by atoms with van der Waals surface area (Å²) in [6.45, 7) is 3.79. The number of benzene rings is 3. The first kappa shape index (κ1) is 25.3. The highest BCUT2D eigenvalue weighted by Gasteiger charge is 2.17. The van der Waals surface area contributed by atoms with Crippen molar-refractivity contribution in [2.75, 3.05) is 17.9 Å². The lowest BCUT2D eigenvalue weighted by Crippen LogP contribution is -2.31. The standard InChI is InChI=1S/C24H24ClFN2O5S/c1-3-32-20-10-8-19(9-11-20)28-34(30,31)21-12-13-23(22(25)14-21)33-15-24(29)27-16(2)17-4-6-18(26)7-5-17/h4-14,16,28H,3,15H2,1-2H3,(H,27,29). The Kier molecular flexibility index (Phi) is 8.36. The van der Waals surface area contributed by atoms with Gasteiger partial charge in [-0.2, -0.15) is 0 Å². The molecule has 1 unspecified atom stereocenters. The Morgan fingerprint density at radius 1 is 1.03 bits per heavy atom. The maximum atomic E-state index is 13.0. The van der Waals surface area contributed by atoms with Gasteiger partial charge in [-0.1, -0.05) is 23.7 Å². The second-order valence-corrected chi connectivity index (χ2v) is 9.37. The quantitative estimate of drug-likeness (QED) is 0.406. The summed E-state index contributed by atoms with van der Waals surface area (Å²) in [6.07, 6.45) is 0. The fourth-order valence-corrected chi connectivity index (χ4v) is 4.41. The van der Waals surface area contributed by atoms with Crippen molar-refractivity contribution < 1.29 is 27.1 Å². The molecule has 10 heteroatoms. The lowest BCUT2D eigenvalue weighted by atomic mass is 10.1. The third kappa shape index (κ3) is 6.85. The van der Waals surface area contributed by atoms with Gasteiger partial charge in [0, 0.05) is 5.69 Å². The van der Waals surface area contributed by atoms with E-state index in [0.717, 1.165) is 5.56 Å². The predicted molar refractivity (Wildman–Crippen MR) is 128 cm³/mol. The van der Waals surface area contributed by atoms with Crippen molar-refractivity contribution in [3.05, 3.63) is 83.1 Å². The van der Waals surface area contributed by atoms with Crippen LogP contribution in [0.2, 0.25) is 5.02 Å². The van der Waals surface area contributed by atoms with Gasteiger partial charge in [0.1, 0.15) is 17.3 Å². The third-order valence-electron chi connectivity index (χ3n) is 4.74. The van der Waals surface area contributed by atoms with E-state index in [9.17, 15) is 17.6 Å². The van der Waals surface area contributed by atoms with Crippen LogP contribution >= 0.6 is 11.6 Å². The number of carbonyl (C=O) groups excluding carboxylic acids is 1. The van der Waals surface area contributed by atoms with Crippen molar-refractivity contribution in [2.45, 2.75) is 24.8 Å². The fourth-order valence-electron chi connectivity index (χ4n) is 3.03. The van der Waals surface area contributed by atoms with Crippen molar-refractivity contribution in [3.63, 3.8) is 0 Å².